The van der Waals surface area contributed by atoms with Crippen molar-refractivity contribution >= 4 is 31.6 Å². The van der Waals surface area contributed by atoms with E-state index >= 15 is 0 Å². The highest BCUT2D eigenvalue weighted by molar-refractivity contribution is 7.26. The van der Waals surface area contributed by atoms with E-state index in [4.69, 9.17) is 9.97 Å². The summed E-state index contributed by atoms with van der Waals surface area (Å²) in [6.07, 6.45) is 1.86. The molecule has 46 heavy (non-hydrogen) atoms. The minimum atomic E-state index is -0.359. The zero-order valence-electron chi connectivity index (χ0n) is 27.5. The molecule has 0 aliphatic heterocycles. The lowest BCUT2D eigenvalue weighted by Crippen LogP contribution is -2.21. The summed E-state index contributed by atoms with van der Waals surface area (Å²) < 4.78 is 3.40. The SMILES string of the molecule is Cc1ccc2c(n1)sc1c(-c3cccc(C(C)(C)c4cccc(-c5nncn5-c5c(C(C)C)cccc5C(C)C)c4)n3)cccc12. The monoisotopic (exact) mass is 621 g/mol. The molecule has 0 radical (unpaired) electrons. The zero-order valence-corrected chi connectivity index (χ0v) is 28.4. The Hall–Kier alpha value is -4.68. The Labute approximate surface area is 275 Å². The van der Waals surface area contributed by atoms with E-state index in [0.29, 0.717) is 11.8 Å². The molecule has 7 rings (SSSR count). The summed E-state index contributed by atoms with van der Waals surface area (Å²) in [4.78, 5) is 11.2. The van der Waals surface area contributed by atoms with Crippen LogP contribution in [-0.4, -0.2) is 24.7 Å². The predicted octanol–water partition coefficient (Wildman–Crippen LogP) is 10.6. The van der Waals surface area contributed by atoms with Crippen molar-refractivity contribution < 1.29 is 0 Å². The van der Waals surface area contributed by atoms with Crippen LogP contribution in [0, 0.1) is 6.92 Å². The van der Waals surface area contributed by atoms with Crippen LogP contribution in [0.2, 0.25) is 0 Å². The Morgan fingerprint density at radius 2 is 1.46 bits per heavy atom. The second-order valence-corrected chi connectivity index (χ2v) is 14.3. The summed E-state index contributed by atoms with van der Waals surface area (Å²) in [5.41, 5.74) is 9.79. The second-order valence-electron chi connectivity index (χ2n) is 13.3. The predicted molar refractivity (Wildman–Crippen MR) is 192 cm³/mol. The molecule has 6 heteroatoms. The first-order valence-corrected chi connectivity index (χ1v) is 16.9. The Morgan fingerprint density at radius 1 is 0.739 bits per heavy atom. The smallest absolute Gasteiger partial charge is 0.168 e. The van der Waals surface area contributed by atoms with Crippen LogP contribution in [-0.2, 0) is 5.41 Å². The number of para-hydroxylation sites is 1. The fourth-order valence-corrected chi connectivity index (χ4v) is 7.73. The molecule has 0 saturated heterocycles. The molecule has 0 fully saturated rings. The number of aromatic nitrogens is 5. The molecule has 0 N–H and O–H groups in total. The van der Waals surface area contributed by atoms with Crippen molar-refractivity contribution in [3.05, 3.63) is 125 Å². The third kappa shape index (κ3) is 5.11. The van der Waals surface area contributed by atoms with Gasteiger partial charge in [0.15, 0.2) is 5.82 Å². The van der Waals surface area contributed by atoms with Crippen molar-refractivity contribution in [3.63, 3.8) is 0 Å². The number of nitrogens with zero attached hydrogens (tertiary/aromatic N) is 5. The van der Waals surface area contributed by atoms with Gasteiger partial charge in [-0.3, -0.25) is 9.55 Å². The summed E-state index contributed by atoms with van der Waals surface area (Å²) in [6, 6.07) is 32.5. The van der Waals surface area contributed by atoms with Crippen LogP contribution in [0.3, 0.4) is 0 Å². The second kappa shape index (κ2) is 11.6. The van der Waals surface area contributed by atoms with Crippen LogP contribution in [0.25, 0.3) is 48.6 Å². The highest BCUT2D eigenvalue weighted by Crippen LogP contribution is 2.40. The highest BCUT2D eigenvalue weighted by atomic mass is 32.1. The van der Waals surface area contributed by atoms with Crippen LogP contribution < -0.4 is 0 Å². The van der Waals surface area contributed by atoms with Gasteiger partial charge in [-0.1, -0.05) is 102 Å². The molecular formula is C40H39N5S. The maximum Gasteiger partial charge on any atom is 0.168 e. The van der Waals surface area contributed by atoms with Crippen molar-refractivity contribution in [1.29, 1.82) is 0 Å². The molecule has 230 valence electrons. The van der Waals surface area contributed by atoms with Crippen molar-refractivity contribution in [2.75, 3.05) is 0 Å². The molecule has 0 saturated carbocycles. The normalized spacial score (nSPS) is 12.2. The maximum atomic E-state index is 5.30. The summed E-state index contributed by atoms with van der Waals surface area (Å²) in [5.74, 6) is 1.58. The molecule has 3 aromatic carbocycles. The number of thiophene rings is 1. The van der Waals surface area contributed by atoms with Gasteiger partial charge in [-0.2, -0.15) is 0 Å². The molecular weight excluding hydrogens is 583 g/mol. The van der Waals surface area contributed by atoms with Gasteiger partial charge in [0, 0.05) is 37.7 Å². The van der Waals surface area contributed by atoms with E-state index in [1.54, 1.807) is 11.3 Å². The van der Waals surface area contributed by atoms with Gasteiger partial charge < -0.3 is 0 Å². The van der Waals surface area contributed by atoms with E-state index in [9.17, 15) is 0 Å². The molecule has 7 aromatic rings. The van der Waals surface area contributed by atoms with E-state index < -0.39 is 0 Å². The Kier molecular flexibility index (Phi) is 7.56. The number of benzene rings is 3. The van der Waals surface area contributed by atoms with Gasteiger partial charge in [0.2, 0.25) is 0 Å². The summed E-state index contributed by atoms with van der Waals surface area (Å²) in [6.45, 7) is 15.5. The molecule has 4 heterocycles. The third-order valence-electron chi connectivity index (χ3n) is 9.14. The van der Waals surface area contributed by atoms with Crippen molar-refractivity contribution in [1.82, 2.24) is 24.7 Å². The fourth-order valence-electron chi connectivity index (χ4n) is 6.49. The number of aryl methyl sites for hydroxylation is 1. The lowest BCUT2D eigenvalue weighted by atomic mass is 9.80. The Balaban J connectivity index is 1.30. The molecule has 5 nitrogen and oxygen atoms in total. The van der Waals surface area contributed by atoms with Crippen molar-refractivity contribution in [2.45, 2.75) is 65.7 Å². The van der Waals surface area contributed by atoms with Crippen molar-refractivity contribution in [3.8, 4) is 28.3 Å². The first-order chi connectivity index (χ1) is 22.1. The molecule has 0 amide bonds. The van der Waals surface area contributed by atoms with E-state index in [0.717, 1.165) is 38.9 Å². The van der Waals surface area contributed by atoms with Gasteiger partial charge in [-0.05, 0) is 65.8 Å². The lowest BCUT2D eigenvalue weighted by Gasteiger charge is -2.26. The van der Waals surface area contributed by atoms with Crippen LogP contribution in [0.4, 0.5) is 0 Å². The standard InChI is InChI=1S/C40H39N5S/c1-24(2)29-14-9-15-30(25(3)4)36(29)45-23-41-44-38(45)27-12-8-13-28(22-27)40(6,7)35-19-11-18-34(43-35)33-17-10-16-31-32-21-20-26(5)42-39(32)46-37(31)33/h8-25H,1-7H3. The number of hydrogen-bond acceptors (Lipinski definition) is 5. The quantitative estimate of drug-likeness (QED) is 0.178. The number of rotatable bonds is 7. The van der Waals surface area contributed by atoms with E-state index in [-0.39, 0.29) is 5.41 Å². The van der Waals surface area contributed by atoms with Gasteiger partial charge in [-0.15, -0.1) is 21.5 Å². The fraction of sp³-hybridized carbons (Fsp3) is 0.250. The molecule has 4 aromatic heterocycles. The Morgan fingerprint density at radius 3 is 2.22 bits per heavy atom. The van der Waals surface area contributed by atoms with Crippen LogP contribution in [0.1, 0.15) is 81.5 Å². The molecule has 0 bridgehead atoms. The van der Waals surface area contributed by atoms with E-state index in [1.807, 2.05) is 13.3 Å². The average molecular weight is 622 g/mol. The van der Waals surface area contributed by atoms with Gasteiger partial charge >= 0.3 is 0 Å². The number of hydrogen-bond donors (Lipinski definition) is 0. The molecule has 0 aliphatic rings. The number of fused-ring (bicyclic) bond motifs is 3. The minimum absolute atomic E-state index is 0.359. The largest absolute Gasteiger partial charge is 0.281 e. The van der Waals surface area contributed by atoms with Gasteiger partial charge in [-0.25, -0.2) is 4.98 Å². The van der Waals surface area contributed by atoms with Gasteiger partial charge in [0.05, 0.1) is 17.1 Å². The zero-order chi connectivity index (χ0) is 32.2. The molecule has 0 spiro atoms. The highest BCUT2D eigenvalue weighted by Gasteiger charge is 2.27. The van der Waals surface area contributed by atoms with E-state index in [1.165, 1.54) is 37.9 Å². The van der Waals surface area contributed by atoms with Gasteiger partial charge in [0.1, 0.15) is 11.2 Å². The molecule has 0 atom stereocenters. The summed E-state index contributed by atoms with van der Waals surface area (Å²) in [7, 11) is 0. The van der Waals surface area contributed by atoms with E-state index in [2.05, 4.69) is 147 Å². The first-order valence-electron chi connectivity index (χ1n) is 16.0. The Bertz CT molecular complexity index is 2190. The summed E-state index contributed by atoms with van der Waals surface area (Å²) in [5, 5.41) is 11.5. The average Bonchev–Trinajstić information content (AvgIpc) is 3.69. The lowest BCUT2D eigenvalue weighted by molar-refractivity contribution is 0.618. The van der Waals surface area contributed by atoms with Crippen LogP contribution in [0.15, 0.2) is 97.3 Å². The molecule has 0 aliphatic carbocycles. The first kappa shape index (κ1) is 30.0. The summed E-state index contributed by atoms with van der Waals surface area (Å²) >= 11 is 1.75. The maximum absolute atomic E-state index is 5.30. The topological polar surface area (TPSA) is 56.5 Å². The van der Waals surface area contributed by atoms with Crippen LogP contribution >= 0.6 is 11.3 Å². The third-order valence-corrected chi connectivity index (χ3v) is 10.3. The minimum Gasteiger partial charge on any atom is -0.281 e. The molecule has 0 unspecified atom stereocenters. The van der Waals surface area contributed by atoms with Crippen molar-refractivity contribution in [2.24, 2.45) is 0 Å². The number of pyridine rings is 2. The van der Waals surface area contributed by atoms with Gasteiger partial charge in [0.25, 0.3) is 0 Å². The van der Waals surface area contributed by atoms with Crippen LogP contribution in [0.5, 0.6) is 0 Å².